The summed E-state index contributed by atoms with van der Waals surface area (Å²) in [6.07, 6.45) is 6.45. The Labute approximate surface area is 112 Å². The van der Waals surface area contributed by atoms with E-state index < -0.39 is 8.32 Å². The van der Waals surface area contributed by atoms with Crippen molar-refractivity contribution in [2.45, 2.75) is 71.7 Å². The topological polar surface area (TPSA) is 26.3 Å². The smallest absolute Gasteiger partial charge is 0.185 e. The molecule has 1 atom stereocenters. The molecule has 0 heterocycles. The second-order valence-electron chi connectivity index (χ2n) is 5.50. The molecule has 0 bridgehead atoms. The fraction of sp³-hybridized carbons (Fsp3) is 0.923. The quantitative estimate of drug-likeness (QED) is 0.459. The zero-order valence-corrected chi connectivity index (χ0v) is 13.9. The second kappa shape index (κ2) is 9.17. The van der Waals surface area contributed by atoms with Gasteiger partial charge in [0.25, 0.3) is 0 Å². The molecular weight excluding hydrogens is 248 g/mol. The van der Waals surface area contributed by atoms with Gasteiger partial charge in [-0.1, -0.05) is 44.4 Å². The summed E-state index contributed by atoms with van der Waals surface area (Å²) in [6, 6.07) is 0. The van der Waals surface area contributed by atoms with Gasteiger partial charge in [0.15, 0.2) is 13.4 Å². The number of rotatable bonds is 9. The van der Waals surface area contributed by atoms with E-state index in [4.69, 9.17) is 4.43 Å². The van der Waals surface area contributed by atoms with Gasteiger partial charge in [-0.05, 0) is 26.1 Å². The minimum absolute atomic E-state index is 0.197. The van der Waals surface area contributed by atoms with E-state index in [0.717, 1.165) is 12.2 Å². The Kier molecular flexibility index (Phi) is 9.28. The van der Waals surface area contributed by atoms with Crippen molar-refractivity contribution >= 4 is 25.2 Å². The van der Waals surface area contributed by atoms with Gasteiger partial charge in [0.1, 0.15) is 0 Å². The van der Waals surface area contributed by atoms with Crippen molar-refractivity contribution in [1.29, 1.82) is 0 Å². The van der Waals surface area contributed by atoms with Crippen LogP contribution in [-0.4, -0.2) is 25.3 Å². The number of carbonyl (C=O) groups excluding carboxylic acids is 1. The first-order valence-corrected chi connectivity index (χ1v) is 11.1. The lowest BCUT2D eigenvalue weighted by Crippen LogP contribution is -2.33. The summed E-state index contributed by atoms with van der Waals surface area (Å²) in [5, 5.41) is 0.197. The van der Waals surface area contributed by atoms with Crippen molar-refractivity contribution in [3.05, 3.63) is 0 Å². The second-order valence-corrected chi connectivity index (χ2v) is 11.2. The zero-order valence-electron chi connectivity index (χ0n) is 12.0. The highest BCUT2D eigenvalue weighted by Crippen LogP contribution is 2.18. The predicted molar refractivity (Wildman–Crippen MR) is 80.1 cm³/mol. The van der Waals surface area contributed by atoms with Crippen molar-refractivity contribution < 1.29 is 9.22 Å². The van der Waals surface area contributed by atoms with Crippen LogP contribution in [0.3, 0.4) is 0 Å². The van der Waals surface area contributed by atoms with E-state index in [1.807, 2.05) is 0 Å². The lowest BCUT2D eigenvalue weighted by atomic mass is 10.1. The van der Waals surface area contributed by atoms with Gasteiger partial charge in [0.05, 0.1) is 6.10 Å². The van der Waals surface area contributed by atoms with Gasteiger partial charge in [0, 0.05) is 12.7 Å². The van der Waals surface area contributed by atoms with Crippen molar-refractivity contribution in [3.63, 3.8) is 0 Å². The Morgan fingerprint density at radius 1 is 1.24 bits per heavy atom. The van der Waals surface area contributed by atoms with Crippen molar-refractivity contribution in [1.82, 2.24) is 0 Å². The zero-order chi connectivity index (χ0) is 13.3. The molecule has 0 aliphatic rings. The molecule has 0 fully saturated rings. The van der Waals surface area contributed by atoms with E-state index in [1.165, 1.54) is 37.4 Å². The molecule has 1 unspecified atom stereocenters. The summed E-state index contributed by atoms with van der Waals surface area (Å²) in [5.41, 5.74) is 0. The van der Waals surface area contributed by atoms with Crippen LogP contribution in [0, 0.1) is 0 Å². The first-order valence-electron chi connectivity index (χ1n) is 6.66. The number of unbranched alkanes of at least 4 members (excludes halogenated alkanes) is 3. The van der Waals surface area contributed by atoms with Crippen LogP contribution in [0.5, 0.6) is 0 Å². The van der Waals surface area contributed by atoms with Crippen molar-refractivity contribution in [3.8, 4) is 0 Å². The highest BCUT2D eigenvalue weighted by molar-refractivity contribution is 8.13. The standard InChI is InChI=1S/C13H28O2SSi/c1-6-7-8-9-10-13(11-16-12(2)14)15-17(3,4)5/h13H,6-11H2,1-5H3. The van der Waals surface area contributed by atoms with Crippen LogP contribution in [0.2, 0.25) is 19.6 Å². The van der Waals surface area contributed by atoms with E-state index in [9.17, 15) is 4.79 Å². The van der Waals surface area contributed by atoms with Crippen molar-refractivity contribution in [2.75, 3.05) is 5.75 Å². The molecule has 0 aromatic heterocycles. The minimum Gasteiger partial charge on any atom is -0.414 e. The molecule has 0 aliphatic heterocycles. The Hall–Kier alpha value is 0.197. The SMILES string of the molecule is CCCCCCC(CSC(C)=O)O[Si](C)(C)C. The molecule has 0 radical (unpaired) electrons. The van der Waals surface area contributed by atoms with Crippen LogP contribution >= 0.6 is 11.8 Å². The number of hydrogen-bond acceptors (Lipinski definition) is 3. The van der Waals surface area contributed by atoms with Gasteiger partial charge >= 0.3 is 0 Å². The maximum Gasteiger partial charge on any atom is 0.185 e. The summed E-state index contributed by atoms with van der Waals surface area (Å²) in [5.74, 6) is 0.825. The predicted octanol–water partition coefficient (Wildman–Crippen LogP) is 4.46. The lowest BCUT2D eigenvalue weighted by molar-refractivity contribution is -0.109. The summed E-state index contributed by atoms with van der Waals surface area (Å²) in [7, 11) is -1.49. The molecule has 0 aliphatic carbocycles. The van der Waals surface area contributed by atoms with Gasteiger partial charge in [-0.3, -0.25) is 4.79 Å². The number of carbonyl (C=O) groups is 1. The average molecular weight is 277 g/mol. The third-order valence-corrected chi connectivity index (χ3v) is 4.36. The van der Waals surface area contributed by atoms with Gasteiger partial charge in [-0.2, -0.15) is 0 Å². The first kappa shape index (κ1) is 17.2. The lowest BCUT2D eigenvalue weighted by Gasteiger charge is -2.26. The van der Waals surface area contributed by atoms with Gasteiger partial charge in [0.2, 0.25) is 0 Å². The Balaban J connectivity index is 3.97. The van der Waals surface area contributed by atoms with E-state index in [0.29, 0.717) is 0 Å². The molecule has 0 spiro atoms. The monoisotopic (exact) mass is 276 g/mol. The summed E-state index contributed by atoms with van der Waals surface area (Å²) >= 11 is 1.40. The molecule has 0 saturated heterocycles. The van der Waals surface area contributed by atoms with E-state index in [2.05, 4.69) is 26.6 Å². The summed E-state index contributed by atoms with van der Waals surface area (Å²) in [4.78, 5) is 11.0. The van der Waals surface area contributed by atoms with Gasteiger partial charge in [-0.25, -0.2) is 0 Å². The molecule has 102 valence electrons. The highest BCUT2D eigenvalue weighted by atomic mass is 32.2. The molecule has 0 rings (SSSR count). The third-order valence-electron chi connectivity index (χ3n) is 2.37. The number of thioether (sulfide) groups is 1. The molecule has 0 aromatic rings. The maximum atomic E-state index is 11.0. The van der Waals surface area contributed by atoms with Crippen LogP contribution in [-0.2, 0) is 9.22 Å². The molecular formula is C13H28O2SSi. The minimum atomic E-state index is -1.49. The fourth-order valence-electron chi connectivity index (χ4n) is 1.69. The molecule has 0 amide bonds. The van der Waals surface area contributed by atoms with Gasteiger partial charge in [-0.15, -0.1) is 0 Å². The van der Waals surface area contributed by atoms with E-state index in [-0.39, 0.29) is 11.2 Å². The molecule has 4 heteroatoms. The first-order chi connectivity index (χ1) is 7.85. The fourth-order valence-corrected chi connectivity index (χ4v) is 3.66. The summed E-state index contributed by atoms with van der Waals surface area (Å²) < 4.78 is 6.13. The Bertz CT molecular complexity index is 214. The molecule has 2 nitrogen and oxygen atoms in total. The number of hydrogen-bond donors (Lipinski definition) is 0. The van der Waals surface area contributed by atoms with Crippen LogP contribution in [0.25, 0.3) is 0 Å². The van der Waals surface area contributed by atoms with Gasteiger partial charge < -0.3 is 4.43 Å². The Morgan fingerprint density at radius 3 is 2.35 bits per heavy atom. The highest BCUT2D eigenvalue weighted by Gasteiger charge is 2.21. The summed E-state index contributed by atoms with van der Waals surface area (Å²) in [6.45, 7) is 10.5. The van der Waals surface area contributed by atoms with Crippen LogP contribution in [0.4, 0.5) is 0 Å². The van der Waals surface area contributed by atoms with Crippen LogP contribution < -0.4 is 0 Å². The van der Waals surface area contributed by atoms with Crippen molar-refractivity contribution in [2.24, 2.45) is 0 Å². The average Bonchev–Trinajstić information content (AvgIpc) is 2.18. The molecule has 0 aromatic carbocycles. The molecule has 0 N–H and O–H groups in total. The molecule has 17 heavy (non-hydrogen) atoms. The molecule has 0 saturated carbocycles. The largest absolute Gasteiger partial charge is 0.414 e. The third kappa shape index (κ3) is 12.4. The maximum absolute atomic E-state index is 11.0. The van der Waals surface area contributed by atoms with Crippen LogP contribution in [0.1, 0.15) is 46.0 Å². The van der Waals surface area contributed by atoms with Crippen LogP contribution in [0.15, 0.2) is 0 Å². The normalized spacial score (nSPS) is 13.7. The van der Waals surface area contributed by atoms with E-state index in [1.54, 1.807) is 6.92 Å². The van der Waals surface area contributed by atoms with E-state index >= 15 is 0 Å². The Morgan fingerprint density at radius 2 is 1.88 bits per heavy atom.